The maximum atomic E-state index is 12.7. The van der Waals surface area contributed by atoms with Crippen LogP contribution in [0.25, 0.3) is 0 Å². The molecule has 1 aliphatic rings. The van der Waals surface area contributed by atoms with E-state index in [-0.39, 0.29) is 23.8 Å². The molecule has 2 amide bonds. The van der Waals surface area contributed by atoms with E-state index in [1.54, 1.807) is 0 Å². The number of aryl methyl sites for hydroxylation is 2. The SMILES string of the molecule is Cc1nn(C)c(C)c1C(C)NC(=O)C1CCN(C(=O)c2cccs2)CC1. The van der Waals surface area contributed by atoms with E-state index in [0.29, 0.717) is 25.9 Å². The van der Waals surface area contributed by atoms with Crippen LogP contribution in [0.1, 0.15) is 52.4 Å². The number of nitrogens with zero attached hydrogens (tertiary/aromatic N) is 3. The van der Waals surface area contributed by atoms with Crippen LogP contribution in [0.2, 0.25) is 0 Å². The number of nitrogens with one attached hydrogen (secondary N) is 1. The lowest BCUT2D eigenvalue weighted by molar-refractivity contribution is -0.127. The molecule has 7 heteroatoms. The van der Waals surface area contributed by atoms with E-state index in [9.17, 15) is 9.59 Å². The van der Waals surface area contributed by atoms with Crippen molar-refractivity contribution in [2.75, 3.05) is 13.1 Å². The minimum absolute atomic E-state index is 0.0397. The number of carbonyl (C=O) groups is 2. The van der Waals surface area contributed by atoms with Gasteiger partial charge >= 0.3 is 0 Å². The van der Waals surface area contributed by atoms with E-state index in [1.165, 1.54) is 11.3 Å². The summed E-state index contributed by atoms with van der Waals surface area (Å²) in [4.78, 5) is 27.7. The van der Waals surface area contributed by atoms with Gasteiger partial charge in [0.05, 0.1) is 16.6 Å². The minimum atomic E-state index is -0.0676. The molecule has 2 aromatic heterocycles. The molecule has 1 saturated heterocycles. The van der Waals surface area contributed by atoms with Gasteiger partial charge in [0, 0.05) is 37.3 Å². The summed E-state index contributed by atoms with van der Waals surface area (Å²) in [5.74, 6) is 0.110. The first-order chi connectivity index (χ1) is 12.4. The normalized spacial score (nSPS) is 16.5. The third kappa shape index (κ3) is 3.67. The van der Waals surface area contributed by atoms with E-state index < -0.39 is 0 Å². The van der Waals surface area contributed by atoms with Crippen LogP contribution in [-0.4, -0.2) is 39.6 Å². The van der Waals surface area contributed by atoms with Gasteiger partial charge in [0.15, 0.2) is 0 Å². The van der Waals surface area contributed by atoms with E-state index in [2.05, 4.69) is 10.4 Å². The fourth-order valence-corrected chi connectivity index (χ4v) is 4.41. The number of likely N-dealkylation sites (tertiary alicyclic amines) is 1. The maximum Gasteiger partial charge on any atom is 0.263 e. The number of rotatable bonds is 4. The van der Waals surface area contributed by atoms with Crippen LogP contribution < -0.4 is 5.32 Å². The molecule has 1 aliphatic heterocycles. The lowest BCUT2D eigenvalue weighted by Crippen LogP contribution is -2.43. The highest BCUT2D eigenvalue weighted by molar-refractivity contribution is 7.12. The molecule has 1 unspecified atom stereocenters. The maximum absolute atomic E-state index is 12.7. The molecule has 0 aromatic carbocycles. The topological polar surface area (TPSA) is 67.2 Å². The zero-order chi connectivity index (χ0) is 18.8. The van der Waals surface area contributed by atoms with Gasteiger partial charge in [-0.25, -0.2) is 0 Å². The Bertz CT molecular complexity index is 789. The molecule has 6 nitrogen and oxygen atoms in total. The van der Waals surface area contributed by atoms with Crippen molar-refractivity contribution in [1.82, 2.24) is 20.0 Å². The van der Waals surface area contributed by atoms with Gasteiger partial charge in [-0.05, 0) is 45.1 Å². The number of hydrogen-bond acceptors (Lipinski definition) is 4. The van der Waals surface area contributed by atoms with Crippen molar-refractivity contribution in [2.45, 2.75) is 39.7 Å². The zero-order valence-corrected chi connectivity index (χ0v) is 16.6. The van der Waals surface area contributed by atoms with Crippen molar-refractivity contribution < 1.29 is 9.59 Å². The Labute approximate surface area is 158 Å². The van der Waals surface area contributed by atoms with Crippen LogP contribution in [0, 0.1) is 19.8 Å². The van der Waals surface area contributed by atoms with Crippen LogP contribution in [0.5, 0.6) is 0 Å². The van der Waals surface area contributed by atoms with Gasteiger partial charge < -0.3 is 10.2 Å². The molecule has 0 saturated carbocycles. The van der Waals surface area contributed by atoms with Gasteiger partial charge in [0.2, 0.25) is 5.91 Å². The number of amides is 2. The summed E-state index contributed by atoms with van der Waals surface area (Å²) in [6, 6.07) is 3.68. The summed E-state index contributed by atoms with van der Waals surface area (Å²) in [6.07, 6.45) is 1.42. The Morgan fingerprint density at radius 3 is 2.54 bits per heavy atom. The monoisotopic (exact) mass is 374 g/mol. The molecule has 0 spiro atoms. The van der Waals surface area contributed by atoms with Crippen LogP contribution in [0.4, 0.5) is 0 Å². The van der Waals surface area contributed by atoms with Crippen molar-refractivity contribution in [3.05, 3.63) is 39.3 Å². The van der Waals surface area contributed by atoms with E-state index in [0.717, 1.165) is 21.8 Å². The number of carbonyl (C=O) groups excluding carboxylic acids is 2. The van der Waals surface area contributed by atoms with Gasteiger partial charge in [-0.2, -0.15) is 5.10 Å². The van der Waals surface area contributed by atoms with Crippen molar-refractivity contribution >= 4 is 23.2 Å². The largest absolute Gasteiger partial charge is 0.349 e. The average molecular weight is 375 g/mol. The second-order valence-electron chi connectivity index (χ2n) is 6.98. The van der Waals surface area contributed by atoms with Crippen molar-refractivity contribution in [3.8, 4) is 0 Å². The number of hydrogen-bond donors (Lipinski definition) is 1. The summed E-state index contributed by atoms with van der Waals surface area (Å²) >= 11 is 1.46. The molecule has 1 fully saturated rings. The van der Waals surface area contributed by atoms with Crippen LogP contribution in [0.15, 0.2) is 17.5 Å². The molecule has 1 atom stereocenters. The Hall–Kier alpha value is -2.15. The molecule has 0 aliphatic carbocycles. The van der Waals surface area contributed by atoms with Crippen LogP contribution in [0.3, 0.4) is 0 Å². The van der Waals surface area contributed by atoms with Gasteiger partial charge in [-0.3, -0.25) is 14.3 Å². The van der Waals surface area contributed by atoms with E-state index >= 15 is 0 Å². The molecule has 3 rings (SSSR count). The summed E-state index contributed by atoms with van der Waals surface area (Å²) < 4.78 is 1.85. The molecule has 3 heterocycles. The van der Waals surface area contributed by atoms with Crippen molar-refractivity contribution in [3.63, 3.8) is 0 Å². The van der Waals surface area contributed by atoms with Crippen molar-refractivity contribution in [2.24, 2.45) is 13.0 Å². The number of thiophene rings is 1. The van der Waals surface area contributed by atoms with Gasteiger partial charge in [-0.15, -0.1) is 11.3 Å². The second kappa shape index (κ2) is 7.61. The summed E-state index contributed by atoms with van der Waals surface area (Å²) in [5.41, 5.74) is 3.12. The molecular weight excluding hydrogens is 348 g/mol. The fourth-order valence-electron chi connectivity index (χ4n) is 3.72. The highest BCUT2D eigenvalue weighted by Gasteiger charge is 2.29. The first-order valence-corrected chi connectivity index (χ1v) is 9.89. The molecule has 0 bridgehead atoms. The lowest BCUT2D eigenvalue weighted by Gasteiger charge is -2.31. The Balaban J connectivity index is 1.56. The highest BCUT2D eigenvalue weighted by Crippen LogP contribution is 2.24. The van der Waals surface area contributed by atoms with E-state index in [4.69, 9.17) is 0 Å². The molecule has 0 radical (unpaired) electrons. The van der Waals surface area contributed by atoms with Crippen molar-refractivity contribution in [1.29, 1.82) is 0 Å². The standard InChI is InChI=1S/C19H26N4O2S/c1-12(17-13(2)21-22(4)14(17)3)20-18(24)15-7-9-23(10-8-15)19(25)16-6-5-11-26-16/h5-6,11-12,15H,7-10H2,1-4H3,(H,20,24). The molecule has 1 N–H and O–H groups in total. The smallest absolute Gasteiger partial charge is 0.263 e. The third-order valence-electron chi connectivity index (χ3n) is 5.24. The zero-order valence-electron chi connectivity index (χ0n) is 15.8. The predicted molar refractivity (Wildman–Crippen MR) is 102 cm³/mol. The van der Waals surface area contributed by atoms with Crippen LogP contribution >= 0.6 is 11.3 Å². The average Bonchev–Trinajstić information content (AvgIpc) is 3.23. The summed E-state index contributed by atoms with van der Waals surface area (Å²) in [6.45, 7) is 7.26. The fraction of sp³-hybridized carbons (Fsp3) is 0.526. The number of piperidine rings is 1. The summed E-state index contributed by atoms with van der Waals surface area (Å²) in [5, 5.41) is 9.48. The lowest BCUT2D eigenvalue weighted by atomic mass is 9.95. The van der Waals surface area contributed by atoms with Gasteiger partial charge in [0.1, 0.15) is 0 Å². The first kappa shape index (κ1) is 18.6. The third-order valence-corrected chi connectivity index (χ3v) is 6.10. The predicted octanol–water partition coefficient (Wildman–Crippen LogP) is 2.83. The molecule has 140 valence electrons. The molecular formula is C19H26N4O2S. The second-order valence-corrected chi connectivity index (χ2v) is 7.93. The van der Waals surface area contributed by atoms with E-state index in [1.807, 2.05) is 54.9 Å². The first-order valence-electron chi connectivity index (χ1n) is 9.01. The Kier molecular flexibility index (Phi) is 5.46. The van der Waals surface area contributed by atoms with Crippen LogP contribution in [-0.2, 0) is 11.8 Å². The number of aromatic nitrogens is 2. The Morgan fingerprint density at radius 2 is 2.00 bits per heavy atom. The highest BCUT2D eigenvalue weighted by atomic mass is 32.1. The van der Waals surface area contributed by atoms with Gasteiger partial charge in [0.25, 0.3) is 5.91 Å². The quantitative estimate of drug-likeness (QED) is 0.895. The molecule has 26 heavy (non-hydrogen) atoms. The Morgan fingerprint density at radius 1 is 1.31 bits per heavy atom. The molecule has 2 aromatic rings. The summed E-state index contributed by atoms with van der Waals surface area (Å²) in [7, 11) is 1.92. The minimum Gasteiger partial charge on any atom is -0.349 e. The van der Waals surface area contributed by atoms with Gasteiger partial charge in [-0.1, -0.05) is 6.07 Å².